The van der Waals surface area contributed by atoms with Crippen LogP contribution in [0.25, 0.3) is 22.3 Å². The van der Waals surface area contributed by atoms with E-state index in [1.54, 1.807) is 18.2 Å². The number of nitrogens with zero attached hydrogens (tertiary/aromatic N) is 1. The zero-order valence-electron chi connectivity index (χ0n) is 8.36. The fraction of sp³-hybridized carbons (Fsp3) is 0. The van der Waals surface area contributed by atoms with Crippen LogP contribution < -0.4 is 5.73 Å². The molecule has 0 aliphatic carbocycles. The van der Waals surface area contributed by atoms with Gasteiger partial charge in [0.15, 0.2) is 0 Å². The second kappa shape index (κ2) is 3.03. The van der Waals surface area contributed by atoms with Gasteiger partial charge in [0.25, 0.3) is 0 Å². The topological polar surface area (TPSA) is 90.7 Å². The number of nitrogen functional groups attached to an aromatic ring is 1. The fourth-order valence-electron chi connectivity index (χ4n) is 1.74. The molecule has 5 nitrogen and oxygen atoms in total. The number of hydrogen-bond donors (Lipinski definition) is 4. The summed E-state index contributed by atoms with van der Waals surface area (Å²) in [4.78, 5) is 3.18. The lowest BCUT2D eigenvalue weighted by Crippen LogP contribution is -1.81. The Hall–Kier alpha value is -2.43. The molecule has 3 aromatic rings. The minimum absolute atomic E-state index is 0.241. The summed E-state index contributed by atoms with van der Waals surface area (Å²) in [6, 6.07) is 8.91. The van der Waals surface area contributed by atoms with E-state index in [0.717, 1.165) is 22.3 Å². The molecule has 0 saturated heterocycles. The summed E-state index contributed by atoms with van der Waals surface area (Å²) in [6.07, 6.45) is 0. The lowest BCUT2D eigenvalue weighted by atomic mass is 10.2. The van der Waals surface area contributed by atoms with Gasteiger partial charge in [0.1, 0.15) is 11.6 Å². The summed E-state index contributed by atoms with van der Waals surface area (Å²) in [5, 5.41) is 17.1. The second-order valence-corrected chi connectivity index (χ2v) is 3.66. The number of benzene rings is 1. The number of rotatable bonds is 1. The number of hydrogen-bond acceptors (Lipinski definition) is 3. The van der Waals surface area contributed by atoms with Gasteiger partial charge in [-0.15, -0.1) is 0 Å². The van der Waals surface area contributed by atoms with Crippen LogP contribution >= 0.6 is 0 Å². The van der Waals surface area contributed by atoms with Crippen LogP contribution in [-0.2, 0) is 0 Å². The third kappa shape index (κ3) is 1.30. The van der Waals surface area contributed by atoms with Gasteiger partial charge in [0.2, 0.25) is 0 Å². The average molecular weight is 214 g/mol. The van der Waals surface area contributed by atoms with Gasteiger partial charge in [-0.05, 0) is 18.2 Å². The van der Waals surface area contributed by atoms with Crippen LogP contribution in [0.1, 0.15) is 0 Å². The maximum atomic E-state index is 9.35. The summed E-state index contributed by atoms with van der Waals surface area (Å²) in [7, 11) is 0. The van der Waals surface area contributed by atoms with Crippen molar-refractivity contribution in [3.05, 3.63) is 30.3 Å². The Morgan fingerprint density at radius 3 is 2.75 bits per heavy atom. The van der Waals surface area contributed by atoms with E-state index in [9.17, 15) is 5.11 Å². The van der Waals surface area contributed by atoms with Gasteiger partial charge in [-0.1, -0.05) is 0 Å². The molecule has 1 aromatic carbocycles. The molecule has 0 bridgehead atoms. The molecular weight excluding hydrogens is 204 g/mol. The molecule has 2 aromatic heterocycles. The molecule has 3 rings (SSSR count). The molecule has 0 aliphatic heterocycles. The van der Waals surface area contributed by atoms with Crippen LogP contribution in [0, 0.1) is 0 Å². The summed E-state index contributed by atoms with van der Waals surface area (Å²) < 4.78 is 0. The Kier molecular flexibility index (Phi) is 1.67. The van der Waals surface area contributed by atoms with Crippen LogP contribution in [0.5, 0.6) is 5.75 Å². The smallest absolute Gasteiger partial charge is 0.145 e. The number of H-pyrrole nitrogens is 2. The van der Waals surface area contributed by atoms with Crippen molar-refractivity contribution < 1.29 is 5.11 Å². The van der Waals surface area contributed by atoms with Gasteiger partial charge in [-0.3, -0.25) is 5.10 Å². The predicted octanol–water partition coefficient (Wildman–Crippen LogP) is 1.85. The molecule has 16 heavy (non-hydrogen) atoms. The van der Waals surface area contributed by atoms with E-state index in [2.05, 4.69) is 15.2 Å². The van der Waals surface area contributed by atoms with E-state index in [1.165, 1.54) is 0 Å². The first-order valence-corrected chi connectivity index (χ1v) is 4.85. The highest BCUT2D eigenvalue weighted by molar-refractivity contribution is 5.86. The summed E-state index contributed by atoms with van der Waals surface area (Å²) in [5.74, 6) is 0.696. The standard InChI is InChI=1S/C11H10N4O/c12-11-5-10(14-15-11)9-3-6-1-2-7(16)4-8(6)13-9/h1-5,13,16H,(H3,12,14,15). The normalized spacial score (nSPS) is 11.0. The monoisotopic (exact) mass is 214 g/mol. The molecule has 80 valence electrons. The highest BCUT2D eigenvalue weighted by Crippen LogP contribution is 2.25. The Balaban J connectivity index is 2.18. The van der Waals surface area contributed by atoms with E-state index in [4.69, 9.17) is 5.73 Å². The van der Waals surface area contributed by atoms with Crippen LogP contribution in [0.2, 0.25) is 0 Å². The number of anilines is 1. The maximum absolute atomic E-state index is 9.35. The van der Waals surface area contributed by atoms with Crippen LogP contribution in [0.3, 0.4) is 0 Å². The number of phenols is 1. The van der Waals surface area contributed by atoms with E-state index in [0.29, 0.717) is 5.82 Å². The first kappa shape index (κ1) is 8.84. The lowest BCUT2D eigenvalue weighted by molar-refractivity contribution is 0.476. The molecular formula is C11H10N4O. The number of nitrogens with one attached hydrogen (secondary N) is 2. The Morgan fingerprint density at radius 1 is 1.12 bits per heavy atom. The highest BCUT2D eigenvalue weighted by Gasteiger charge is 2.06. The van der Waals surface area contributed by atoms with Crippen molar-refractivity contribution in [3.63, 3.8) is 0 Å². The summed E-state index contributed by atoms with van der Waals surface area (Å²) in [5.41, 5.74) is 8.14. The quantitative estimate of drug-likeness (QED) is 0.498. The summed E-state index contributed by atoms with van der Waals surface area (Å²) >= 11 is 0. The van der Waals surface area contributed by atoms with Gasteiger partial charge in [0, 0.05) is 23.0 Å². The number of aromatic amines is 2. The Bertz CT molecular complexity index is 653. The van der Waals surface area contributed by atoms with E-state index in [-0.39, 0.29) is 5.75 Å². The molecule has 0 atom stereocenters. The average Bonchev–Trinajstić information content (AvgIpc) is 2.83. The van der Waals surface area contributed by atoms with Crippen molar-refractivity contribution in [2.45, 2.75) is 0 Å². The van der Waals surface area contributed by atoms with E-state index in [1.807, 2.05) is 12.1 Å². The minimum atomic E-state index is 0.241. The van der Waals surface area contributed by atoms with Crippen LogP contribution in [-0.4, -0.2) is 20.3 Å². The Morgan fingerprint density at radius 2 is 2.00 bits per heavy atom. The molecule has 0 fully saturated rings. The van der Waals surface area contributed by atoms with Gasteiger partial charge >= 0.3 is 0 Å². The van der Waals surface area contributed by atoms with Crippen LogP contribution in [0.15, 0.2) is 30.3 Å². The van der Waals surface area contributed by atoms with Crippen LogP contribution in [0.4, 0.5) is 5.82 Å². The number of aromatic hydroxyl groups is 1. The molecule has 0 aliphatic rings. The molecule has 0 unspecified atom stereocenters. The third-order valence-corrected chi connectivity index (χ3v) is 2.49. The fourth-order valence-corrected chi connectivity index (χ4v) is 1.74. The Labute approximate surface area is 90.9 Å². The lowest BCUT2D eigenvalue weighted by Gasteiger charge is -1.90. The zero-order chi connectivity index (χ0) is 11.1. The SMILES string of the molecule is Nc1cc(-c2cc3ccc(O)cc3[nH]2)[nH]n1. The molecule has 0 spiro atoms. The second-order valence-electron chi connectivity index (χ2n) is 3.66. The number of phenolic OH excluding ortho intramolecular Hbond substituents is 1. The summed E-state index contributed by atoms with van der Waals surface area (Å²) in [6.45, 7) is 0. The molecule has 5 N–H and O–H groups in total. The first-order valence-electron chi connectivity index (χ1n) is 4.85. The van der Waals surface area contributed by atoms with Crippen molar-refractivity contribution in [1.82, 2.24) is 15.2 Å². The number of nitrogens with two attached hydrogens (primary N) is 1. The van der Waals surface area contributed by atoms with Crippen molar-refractivity contribution >= 4 is 16.7 Å². The number of fused-ring (bicyclic) bond motifs is 1. The van der Waals surface area contributed by atoms with Crippen molar-refractivity contribution in [3.8, 4) is 17.1 Å². The largest absolute Gasteiger partial charge is 0.508 e. The first-order chi connectivity index (χ1) is 7.72. The van der Waals surface area contributed by atoms with E-state index < -0.39 is 0 Å². The van der Waals surface area contributed by atoms with Crippen molar-refractivity contribution in [2.75, 3.05) is 5.73 Å². The molecule has 5 heteroatoms. The minimum Gasteiger partial charge on any atom is -0.508 e. The molecule has 0 amide bonds. The van der Waals surface area contributed by atoms with Gasteiger partial charge < -0.3 is 15.8 Å². The van der Waals surface area contributed by atoms with Crippen molar-refractivity contribution in [2.24, 2.45) is 0 Å². The third-order valence-electron chi connectivity index (χ3n) is 2.49. The highest BCUT2D eigenvalue weighted by atomic mass is 16.3. The molecule has 2 heterocycles. The maximum Gasteiger partial charge on any atom is 0.145 e. The molecule has 0 radical (unpaired) electrons. The van der Waals surface area contributed by atoms with E-state index >= 15 is 0 Å². The van der Waals surface area contributed by atoms with Gasteiger partial charge in [-0.2, -0.15) is 5.10 Å². The van der Waals surface area contributed by atoms with Crippen molar-refractivity contribution in [1.29, 1.82) is 0 Å². The molecule has 0 saturated carbocycles. The van der Waals surface area contributed by atoms with Gasteiger partial charge in [0.05, 0.1) is 11.4 Å². The number of aromatic nitrogens is 3. The van der Waals surface area contributed by atoms with Gasteiger partial charge in [-0.25, -0.2) is 0 Å². The zero-order valence-corrected chi connectivity index (χ0v) is 8.36. The predicted molar refractivity (Wildman–Crippen MR) is 62.0 cm³/mol.